The van der Waals surface area contributed by atoms with Gasteiger partial charge in [-0.15, -0.1) is 0 Å². The zero-order valence-corrected chi connectivity index (χ0v) is 12.7. The Bertz CT molecular complexity index is 977. The van der Waals surface area contributed by atoms with Crippen LogP contribution in [-0.2, 0) is 4.74 Å². The van der Waals surface area contributed by atoms with Crippen molar-refractivity contribution in [3.05, 3.63) is 33.9 Å². The summed E-state index contributed by atoms with van der Waals surface area (Å²) in [6.07, 6.45) is 0. The highest BCUT2D eigenvalue weighted by molar-refractivity contribution is 5.95. The molecule has 1 heterocycles. The molecule has 0 amide bonds. The minimum absolute atomic E-state index is 0.0336. The van der Waals surface area contributed by atoms with E-state index >= 15 is 0 Å². The van der Waals surface area contributed by atoms with Gasteiger partial charge in [0.2, 0.25) is 0 Å². The number of rotatable bonds is 3. The third kappa shape index (κ3) is 4.41. The Kier molecular flexibility index (Phi) is 2.16. The average molecular weight is 332 g/mol. The Balaban J connectivity index is 2.78. The van der Waals surface area contributed by atoms with E-state index in [1.165, 1.54) is 20.8 Å². The summed E-state index contributed by atoms with van der Waals surface area (Å²) in [7, 11) is 0. The molecule has 1 fully saturated rings. The standard InChI is InChI=1S/C16H23N3O4/c1-16(2,3)23-15(20)13-6-5-12(11-14(13)19(21)22)18-9-7-17(4)8-10-18/h5-6,11H,7-10H2,1-4H3/i4D3,7D2,8D2,9D2,10D2. The highest BCUT2D eigenvalue weighted by Crippen LogP contribution is 2.28. The Labute approximate surface area is 151 Å². The normalized spacial score (nSPS) is 32.7. The third-order valence-corrected chi connectivity index (χ3v) is 2.60. The second-order valence-electron chi connectivity index (χ2n) is 5.58. The largest absolute Gasteiger partial charge is 0.456 e. The molecule has 1 aromatic carbocycles. The topological polar surface area (TPSA) is 75.9 Å². The summed E-state index contributed by atoms with van der Waals surface area (Å²) >= 11 is 0. The highest BCUT2D eigenvalue weighted by atomic mass is 16.6. The van der Waals surface area contributed by atoms with Gasteiger partial charge >= 0.3 is 5.97 Å². The van der Waals surface area contributed by atoms with Crippen molar-refractivity contribution in [2.24, 2.45) is 0 Å². The van der Waals surface area contributed by atoms with Gasteiger partial charge in [0.1, 0.15) is 11.2 Å². The molecule has 7 nitrogen and oxygen atoms in total. The molecule has 23 heavy (non-hydrogen) atoms. The zero-order valence-electron chi connectivity index (χ0n) is 23.7. The summed E-state index contributed by atoms with van der Waals surface area (Å²) in [6, 6.07) is 2.28. The number of nitro groups is 1. The number of piperazine rings is 1. The lowest BCUT2D eigenvalue weighted by atomic mass is 10.1. The monoisotopic (exact) mass is 332 g/mol. The van der Waals surface area contributed by atoms with Crippen molar-refractivity contribution in [1.29, 1.82) is 0 Å². The molecular formula is C16H23N3O4. The minimum Gasteiger partial charge on any atom is -0.456 e. The van der Waals surface area contributed by atoms with E-state index in [4.69, 9.17) is 19.8 Å². The maximum atomic E-state index is 12.4. The van der Waals surface area contributed by atoms with E-state index in [0.29, 0.717) is 6.07 Å². The summed E-state index contributed by atoms with van der Waals surface area (Å²) in [4.78, 5) is 22.5. The molecule has 1 saturated heterocycles. The molecule has 0 aromatic heterocycles. The number of likely N-dealkylation sites (N-methyl/N-ethyl adjacent to an activating group) is 1. The van der Waals surface area contributed by atoms with Crippen molar-refractivity contribution in [1.82, 2.24) is 4.90 Å². The summed E-state index contributed by atoms with van der Waals surface area (Å²) in [5.74, 6) is -1.10. The van der Waals surface area contributed by atoms with E-state index in [1.54, 1.807) is 0 Å². The van der Waals surface area contributed by atoms with Gasteiger partial charge in [-0.3, -0.25) is 10.1 Å². The van der Waals surface area contributed by atoms with Gasteiger partial charge in [0, 0.05) is 47.3 Å². The number of esters is 1. The predicted molar refractivity (Wildman–Crippen MR) is 88.0 cm³/mol. The van der Waals surface area contributed by atoms with Crippen LogP contribution < -0.4 is 4.90 Å². The Morgan fingerprint density at radius 3 is 2.52 bits per heavy atom. The van der Waals surface area contributed by atoms with Crippen LogP contribution in [0.1, 0.15) is 46.2 Å². The molecule has 0 bridgehead atoms. The van der Waals surface area contributed by atoms with E-state index in [1.807, 2.05) is 0 Å². The first kappa shape index (κ1) is 7.61. The number of nitro benzene ring substituents is 1. The number of benzene rings is 1. The van der Waals surface area contributed by atoms with Gasteiger partial charge in [-0.2, -0.15) is 0 Å². The summed E-state index contributed by atoms with van der Waals surface area (Å²) < 4.78 is 93.0. The fourth-order valence-corrected chi connectivity index (χ4v) is 1.70. The lowest BCUT2D eigenvalue weighted by Gasteiger charge is -2.34. The van der Waals surface area contributed by atoms with Crippen LogP contribution in [-0.4, -0.2) is 54.4 Å². The summed E-state index contributed by atoms with van der Waals surface area (Å²) in [5.41, 5.74) is -3.21. The molecule has 2 rings (SSSR count). The second-order valence-corrected chi connectivity index (χ2v) is 5.58. The van der Waals surface area contributed by atoms with Crippen LogP contribution in [0.5, 0.6) is 0 Å². The van der Waals surface area contributed by atoms with Crippen LogP contribution >= 0.6 is 0 Å². The van der Waals surface area contributed by atoms with Gasteiger partial charge in [0.05, 0.1) is 10.4 Å². The zero-order chi connectivity index (χ0) is 26.9. The smallest absolute Gasteiger partial charge is 0.345 e. The van der Waals surface area contributed by atoms with Gasteiger partial charge in [-0.1, -0.05) is 0 Å². The Morgan fingerprint density at radius 2 is 2.00 bits per heavy atom. The number of hydrogen-bond donors (Lipinski definition) is 0. The van der Waals surface area contributed by atoms with Crippen molar-refractivity contribution in [2.75, 3.05) is 37.9 Å². The molecule has 0 atom stereocenters. The van der Waals surface area contributed by atoms with Crippen LogP contribution in [0.3, 0.4) is 0 Å². The Hall–Kier alpha value is -2.15. The van der Waals surface area contributed by atoms with Gasteiger partial charge in [-0.05, 0) is 39.9 Å². The molecule has 0 aliphatic carbocycles. The Morgan fingerprint density at radius 1 is 1.35 bits per heavy atom. The van der Waals surface area contributed by atoms with Gasteiger partial charge in [-0.25, -0.2) is 4.79 Å². The van der Waals surface area contributed by atoms with Crippen LogP contribution in [0.4, 0.5) is 11.4 Å². The maximum absolute atomic E-state index is 12.4. The number of carbonyl (C=O) groups excluding carboxylic acids is 1. The lowest BCUT2D eigenvalue weighted by Crippen LogP contribution is -2.44. The highest BCUT2D eigenvalue weighted by Gasteiger charge is 2.27. The molecular weight excluding hydrogens is 298 g/mol. The van der Waals surface area contributed by atoms with Crippen molar-refractivity contribution in [3.8, 4) is 0 Å². The van der Waals surface area contributed by atoms with E-state index < -0.39 is 71.3 Å². The second kappa shape index (κ2) is 6.54. The molecule has 0 radical (unpaired) electrons. The molecule has 1 aromatic rings. The molecule has 0 spiro atoms. The van der Waals surface area contributed by atoms with E-state index in [9.17, 15) is 14.9 Å². The fourth-order valence-electron chi connectivity index (χ4n) is 1.70. The van der Waals surface area contributed by atoms with Crippen molar-refractivity contribution < 1.29 is 29.5 Å². The quantitative estimate of drug-likeness (QED) is 0.480. The van der Waals surface area contributed by atoms with Gasteiger partial charge in [0.15, 0.2) is 0 Å². The molecule has 0 unspecified atom stereocenters. The van der Waals surface area contributed by atoms with Gasteiger partial charge < -0.3 is 14.5 Å². The van der Waals surface area contributed by atoms with Gasteiger partial charge in [0.25, 0.3) is 5.69 Å². The number of hydrogen-bond acceptors (Lipinski definition) is 6. The first-order valence-electron chi connectivity index (χ1n) is 12.0. The van der Waals surface area contributed by atoms with Crippen LogP contribution in [0.15, 0.2) is 18.2 Å². The van der Waals surface area contributed by atoms with Crippen LogP contribution in [0, 0.1) is 10.1 Å². The number of carbonyl (C=O) groups is 1. The van der Waals surface area contributed by atoms with E-state index in [-0.39, 0.29) is 4.90 Å². The minimum atomic E-state index is -3.65. The molecule has 7 heteroatoms. The first-order chi connectivity index (χ1) is 14.9. The predicted octanol–water partition coefficient (Wildman–Crippen LogP) is 2.30. The average Bonchev–Trinajstić information content (AvgIpc) is 2.56. The molecule has 0 N–H and O–H groups in total. The van der Waals surface area contributed by atoms with Crippen molar-refractivity contribution in [3.63, 3.8) is 0 Å². The van der Waals surface area contributed by atoms with Crippen molar-refractivity contribution in [2.45, 2.75) is 26.4 Å². The first-order valence-corrected chi connectivity index (χ1v) is 6.53. The summed E-state index contributed by atoms with van der Waals surface area (Å²) in [5, 5.41) is 11.6. The summed E-state index contributed by atoms with van der Waals surface area (Å²) in [6.45, 7) is -13.5. The molecule has 0 saturated carbocycles. The van der Waals surface area contributed by atoms with E-state index in [0.717, 1.165) is 12.1 Å². The lowest BCUT2D eigenvalue weighted by molar-refractivity contribution is -0.385. The number of ether oxygens (including phenoxy) is 1. The van der Waals surface area contributed by atoms with Crippen LogP contribution in [0.25, 0.3) is 0 Å². The molecule has 1 aliphatic heterocycles. The fraction of sp³-hybridized carbons (Fsp3) is 0.562. The van der Waals surface area contributed by atoms with E-state index in [2.05, 4.69) is 0 Å². The number of nitrogens with zero attached hydrogens (tertiary/aromatic N) is 3. The molecule has 126 valence electrons. The molecule has 1 aliphatic rings. The van der Waals surface area contributed by atoms with Crippen LogP contribution in [0.2, 0.25) is 0 Å². The third-order valence-electron chi connectivity index (χ3n) is 2.60. The maximum Gasteiger partial charge on any atom is 0.345 e. The SMILES string of the molecule is [2H]C([2H])([2H])N1C([2H])([2H])C([2H])([2H])N(c2ccc(C(=O)OC(C)(C)C)c([N+](=O)[O-])c2)C([2H])([2H])C1([2H])[2H]. The van der Waals surface area contributed by atoms with Crippen molar-refractivity contribution >= 4 is 17.3 Å². The number of anilines is 1.